The second kappa shape index (κ2) is 8.53. The van der Waals surface area contributed by atoms with E-state index in [2.05, 4.69) is 29.5 Å². The number of carbonyl (C=O) groups excluding carboxylic acids is 1. The molecule has 0 rings (SSSR count). The first-order valence-corrected chi connectivity index (χ1v) is 5.81. The highest BCUT2D eigenvalue weighted by atomic mass is 127. The van der Waals surface area contributed by atoms with Crippen molar-refractivity contribution in [2.24, 2.45) is 0 Å². The van der Waals surface area contributed by atoms with Gasteiger partial charge in [-0.05, 0) is 45.9 Å². The molecule has 0 saturated heterocycles. The van der Waals surface area contributed by atoms with Gasteiger partial charge in [0.1, 0.15) is 0 Å². The average Bonchev–Trinajstić information content (AvgIpc) is 2.05. The predicted molar refractivity (Wildman–Crippen MR) is 62.9 cm³/mol. The van der Waals surface area contributed by atoms with Gasteiger partial charge in [-0.3, -0.25) is 0 Å². The highest BCUT2D eigenvalue weighted by Gasteiger charge is 1.98. The van der Waals surface area contributed by atoms with Gasteiger partial charge in [-0.1, -0.05) is 19.8 Å². The summed E-state index contributed by atoms with van der Waals surface area (Å²) in [7, 11) is 0. The Morgan fingerprint density at radius 2 is 2.08 bits per heavy atom. The number of rotatable bonds is 6. The topological polar surface area (TPSA) is 26.3 Å². The molecule has 0 N–H and O–H groups in total. The van der Waals surface area contributed by atoms with Gasteiger partial charge in [0.25, 0.3) is 0 Å². The lowest BCUT2D eigenvalue weighted by Crippen LogP contribution is -1.99. The Morgan fingerprint density at radius 1 is 1.38 bits per heavy atom. The van der Waals surface area contributed by atoms with E-state index in [1.54, 1.807) is 6.08 Å². The minimum Gasteiger partial charge on any atom is -0.463 e. The number of halogens is 1. The summed E-state index contributed by atoms with van der Waals surface area (Å²) in [5, 5.41) is 0. The summed E-state index contributed by atoms with van der Waals surface area (Å²) >= 11 is 2.20. The minimum atomic E-state index is -0.219. The van der Waals surface area contributed by atoms with Crippen LogP contribution in [0.15, 0.2) is 9.66 Å². The quantitative estimate of drug-likeness (QED) is 0.325. The SMILES string of the molecule is CCCCC/C(I)=C\C(=O)OCC. The van der Waals surface area contributed by atoms with Gasteiger partial charge < -0.3 is 4.74 Å². The Balaban J connectivity index is 3.67. The summed E-state index contributed by atoms with van der Waals surface area (Å²) in [4.78, 5) is 11.0. The molecule has 0 atom stereocenters. The van der Waals surface area contributed by atoms with E-state index in [-0.39, 0.29) is 5.97 Å². The molecule has 0 aromatic rings. The van der Waals surface area contributed by atoms with Crippen LogP contribution in [0.2, 0.25) is 0 Å². The number of esters is 1. The second-order valence-corrected chi connectivity index (χ2v) is 4.19. The number of hydrogen-bond acceptors (Lipinski definition) is 2. The lowest BCUT2D eigenvalue weighted by atomic mass is 10.2. The third kappa shape index (κ3) is 8.28. The largest absolute Gasteiger partial charge is 0.463 e. The zero-order valence-corrected chi connectivity index (χ0v) is 10.5. The van der Waals surface area contributed by atoms with E-state index < -0.39 is 0 Å². The Morgan fingerprint density at radius 3 is 2.62 bits per heavy atom. The van der Waals surface area contributed by atoms with Crippen LogP contribution in [-0.2, 0) is 9.53 Å². The number of allylic oxidation sites excluding steroid dienone is 1. The van der Waals surface area contributed by atoms with Crippen molar-refractivity contribution in [3.05, 3.63) is 9.66 Å². The van der Waals surface area contributed by atoms with E-state index in [1.807, 2.05) is 6.92 Å². The summed E-state index contributed by atoms with van der Waals surface area (Å²) < 4.78 is 5.89. The van der Waals surface area contributed by atoms with E-state index in [0.717, 1.165) is 16.4 Å². The molecule has 0 aliphatic rings. The fourth-order valence-electron chi connectivity index (χ4n) is 0.928. The molecule has 2 nitrogen and oxygen atoms in total. The van der Waals surface area contributed by atoms with Gasteiger partial charge in [0, 0.05) is 6.08 Å². The van der Waals surface area contributed by atoms with E-state index in [9.17, 15) is 4.79 Å². The Bertz CT molecular complexity index is 176. The molecule has 0 saturated carbocycles. The van der Waals surface area contributed by atoms with Crippen molar-refractivity contribution in [1.29, 1.82) is 0 Å². The maximum atomic E-state index is 11.0. The van der Waals surface area contributed by atoms with Crippen molar-refractivity contribution < 1.29 is 9.53 Å². The molecule has 3 heteroatoms. The molecule has 13 heavy (non-hydrogen) atoms. The van der Waals surface area contributed by atoms with Crippen molar-refractivity contribution >= 4 is 28.6 Å². The van der Waals surface area contributed by atoms with Gasteiger partial charge in [-0.2, -0.15) is 0 Å². The summed E-state index contributed by atoms with van der Waals surface area (Å²) in [5.41, 5.74) is 0. The third-order valence-corrected chi connectivity index (χ3v) is 2.43. The lowest BCUT2D eigenvalue weighted by Gasteiger charge is -1.99. The first-order valence-electron chi connectivity index (χ1n) is 4.73. The fourth-order valence-corrected chi connectivity index (χ4v) is 1.56. The summed E-state index contributed by atoms with van der Waals surface area (Å²) in [5.74, 6) is -0.219. The van der Waals surface area contributed by atoms with Crippen molar-refractivity contribution in [3.63, 3.8) is 0 Å². The minimum absolute atomic E-state index is 0.219. The maximum absolute atomic E-state index is 11.0. The highest BCUT2D eigenvalue weighted by Crippen LogP contribution is 2.15. The molecular formula is C10H17IO2. The second-order valence-electron chi connectivity index (χ2n) is 2.80. The molecule has 76 valence electrons. The van der Waals surface area contributed by atoms with E-state index >= 15 is 0 Å². The molecule has 0 aliphatic carbocycles. The zero-order chi connectivity index (χ0) is 10.1. The Hall–Kier alpha value is -0.0600. The number of unbranched alkanes of at least 4 members (excludes halogenated alkanes) is 2. The Kier molecular flexibility index (Phi) is 8.49. The molecule has 0 aromatic heterocycles. The molecule has 0 aromatic carbocycles. The molecule has 0 radical (unpaired) electrons. The van der Waals surface area contributed by atoms with Crippen molar-refractivity contribution in [1.82, 2.24) is 0 Å². The fraction of sp³-hybridized carbons (Fsp3) is 0.700. The van der Waals surface area contributed by atoms with E-state index in [0.29, 0.717) is 6.61 Å². The Labute approximate surface area is 93.9 Å². The summed E-state index contributed by atoms with van der Waals surface area (Å²) in [6, 6.07) is 0. The average molecular weight is 296 g/mol. The molecule has 0 fully saturated rings. The zero-order valence-electron chi connectivity index (χ0n) is 8.31. The van der Waals surface area contributed by atoms with Crippen LogP contribution in [0, 0.1) is 0 Å². The summed E-state index contributed by atoms with van der Waals surface area (Å²) in [6.07, 6.45) is 6.17. The molecule has 0 spiro atoms. The van der Waals surface area contributed by atoms with Gasteiger partial charge in [0.05, 0.1) is 6.61 Å². The van der Waals surface area contributed by atoms with Crippen LogP contribution in [0.4, 0.5) is 0 Å². The lowest BCUT2D eigenvalue weighted by molar-refractivity contribution is -0.137. The third-order valence-electron chi connectivity index (χ3n) is 1.58. The van der Waals surface area contributed by atoms with Gasteiger partial charge in [-0.25, -0.2) is 4.79 Å². The van der Waals surface area contributed by atoms with Crippen molar-refractivity contribution in [3.8, 4) is 0 Å². The first-order chi connectivity index (χ1) is 6.20. The molecule has 0 aliphatic heterocycles. The van der Waals surface area contributed by atoms with Gasteiger partial charge in [0.2, 0.25) is 0 Å². The molecule has 0 unspecified atom stereocenters. The van der Waals surface area contributed by atoms with Crippen LogP contribution >= 0.6 is 22.6 Å². The maximum Gasteiger partial charge on any atom is 0.331 e. The molecular weight excluding hydrogens is 279 g/mol. The standard InChI is InChI=1S/C10H17IO2/c1-3-5-6-7-9(11)8-10(12)13-4-2/h8H,3-7H2,1-2H3/b9-8+. The molecule has 0 bridgehead atoms. The van der Waals surface area contributed by atoms with Crippen LogP contribution in [0.1, 0.15) is 39.5 Å². The first kappa shape index (κ1) is 12.9. The van der Waals surface area contributed by atoms with Crippen molar-refractivity contribution in [2.45, 2.75) is 39.5 Å². The molecule has 0 heterocycles. The smallest absolute Gasteiger partial charge is 0.331 e. The number of carbonyl (C=O) groups is 1. The normalized spacial score (nSPS) is 11.5. The van der Waals surface area contributed by atoms with Gasteiger partial charge >= 0.3 is 5.97 Å². The van der Waals surface area contributed by atoms with Crippen LogP contribution in [-0.4, -0.2) is 12.6 Å². The number of hydrogen-bond donors (Lipinski definition) is 0. The van der Waals surface area contributed by atoms with Gasteiger partial charge in [-0.15, -0.1) is 0 Å². The van der Waals surface area contributed by atoms with Crippen LogP contribution < -0.4 is 0 Å². The van der Waals surface area contributed by atoms with E-state index in [1.165, 1.54) is 12.8 Å². The van der Waals surface area contributed by atoms with Gasteiger partial charge in [0.15, 0.2) is 0 Å². The monoisotopic (exact) mass is 296 g/mol. The summed E-state index contributed by atoms with van der Waals surface area (Å²) in [6.45, 7) is 4.44. The molecule has 0 amide bonds. The highest BCUT2D eigenvalue weighted by molar-refractivity contribution is 14.1. The van der Waals surface area contributed by atoms with Crippen LogP contribution in [0.25, 0.3) is 0 Å². The van der Waals surface area contributed by atoms with Crippen LogP contribution in [0.3, 0.4) is 0 Å². The van der Waals surface area contributed by atoms with Crippen molar-refractivity contribution in [2.75, 3.05) is 6.61 Å². The number of ether oxygens (including phenoxy) is 1. The predicted octanol–water partition coefficient (Wildman–Crippen LogP) is 3.45. The van der Waals surface area contributed by atoms with E-state index in [4.69, 9.17) is 4.74 Å². The van der Waals surface area contributed by atoms with Crippen LogP contribution in [0.5, 0.6) is 0 Å².